The Bertz CT molecular complexity index is 384. The number of hydrogen-bond donors (Lipinski definition) is 0. The first-order valence-electron chi connectivity index (χ1n) is 5.43. The maximum absolute atomic E-state index is 10.8. The molecule has 0 fully saturated rings. The molecule has 1 aromatic carbocycles. The molecule has 0 amide bonds. The van der Waals surface area contributed by atoms with Crippen molar-refractivity contribution in [2.24, 2.45) is 0 Å². The molecule has 1 aromatic rings. The molecule has 1 rings (SSSR count). The quantitative estimate of drug-likeness (QED) is 0.718. The largest absolute Gasteiger partial charge is 0.414 e. The highest BCUT2D eigenvalue weighted by atomic mass is 35.5. The van der Waals surface area contributed by atoms with Crippen LogP contribution in [-0.4, -0.2) is 5.43 Å². The van der Waals surface area contributed by atoms with E-state index in [1.165, 1.54) is 5.56 Å². The topological polar surface area (TPSA) is 26.3 Å². The van der Waals surface area contributed by atoms with E-state index in [1.54, 1.807) is 6.07 Å². The first kappa shape index (κ1) is 13.0. The van der Waals surface area contributed by atoms with Gasteiger partial charge < -0.3 is 4.74 Å². The predicted molar refractivity (Wildman–Crippen MR) is 66.5 cm³/mol. The minimum Gasteiger partial charge on any atom is -0.414 e. The van der Waals surface area contributed by atoms with Gasteiger partial charge in [0.05, 0.1) is 0 Å². The summed E-state index contributed by atoms with van der Waals surface area (Å²) in [6.45, 7) is 8.39. The Balaban J connectivity index is 3.26. The number of hydrogen-bond acceptors (Lipinski definition) is 2. The molecule has 0 heterocycles. The Morgan fingerprint density at radius 3 is 2.25 bits per heavy atom. The number of benzene rings is 1. The zero-order valence-electron chi connectivity index (χ0n) is 10.1. The van der Waals surface area contributed by atoms with Gasteiger partial charge in [-0.1, -0.05) is 39.8 Å². The van der Waals surface area contributed by atoms with Gasteiger partial charge in [0.2, 0.25) is 0 Å². The van der Waals surface area contributed by atoms with Gasteiger partial charge in [-0.15, -0.1) is 0 Å². The standard InChI is InChI=1S/C13H17ClO2/c1-8(2)10-6-5-7-11(16-13(14)15)12(10)9(3)4/h5-9H,1-4H3. The maximum atomic E-state index is 10.8. The summed E-state index contributed by atoms with van der Waals surface area (Å²) >= 11 is 5.26. The van der Waals surface area contributed by atoms with Crippen molar-refractivity contribution in [2.45, 2.75) is 39.5 Å². The number of carbonyl (C=O) groups is 1. The van der Waals surface area contributed by atoms with Crippen LogP contribution in [0.4, 0.5) is 4.79 Å². The van der Waals surface area contributed by atoms with Gasteiger partial charge >= 0.3 is 5.43 Å². The Morgan fingerprint density at radius 1 is 1.19 bits per heavy atom. The van der Waals surface area contributed by atoms with Crippen molar-refractivity contribution < 1.29 is 9.53 Å². The third-order valence-electron chi connectivity index (χ3n) is 2.49. The zero-order valence-corrected chi connectivity index (χ0v) is 10.8. The van der Waals surface area contributed by atoms with Crippen LogP contribution in [0, 0.1) is 0 Å². The fraction of sp³-hybridized carbons (Fsp3) is 0.462. The van der Waals surface area contributed by atoms with E-state index in [1.807, 2.05) is 6.07 Å². The molecule has 0 atom stereocenters. The lowest BCUT2D eigenvalue weighted by atomic mass is 9.90. The summed E-state index contributed by atoms with van der Waals surface area (Å²) in [5.41, 5.74) is 1.47. The van der Waals surface area contributed by atoms with E-state index in [9.17, 15) is 4.79 Å². The average Bonchev–Trinajstić information content (AvgIpc) is 2.15. The summed E-state index contributed by atoms with van der Waals surface area (Å²) in [6.07, 6.45) is 0. The van der Waals surface area contributed by atoms with E-state index in [4.69, 9.17) is 16.3 Å². The van der Waals surface area contributed by atoms with Crippen molar-refractivity contribution in [3.8, 4) is 5.75 Å². The summed E-state index contributed by atoms with van der Waals surface area (Å²) < 4.78 is 5.02. The molecule has 0 saturated carbocycles. The van der Waals surface area contributed by atoms with E-state index in [0.717, 1.165) is 5.56 Å². The van der Waals surface area contributed by atoms with Crippen LogP contribution in [0.3, 0.4) is 0 Å². The Kier molecular flexibility index (Phi) is 4.36. The first-order chi connectivity index (χ1) is 7.43. The van der Waals surface area contributed by atoms with Crippen LogP contribution >= 0.6 is 11.6 Å². The van der Waals surface area contributed by atoms with Gasteiger partial charge in [0.1, 0.15) is 5.75 Å². The third kappa shape index (κ3) is 2.99. The van der Waals surface area contributed by atoms with E-state index < -0.39 is 5.43 Å². The van der Waals surface area contributed by atoms with Crippen molar-refractivity contribution in [1.82, 2.24) is 0 Å². The summed E-state index contributed by atoms with van der Waals surface area (Å²) in [5.74, 6) is 1.26. The smallest absolute Gasteiger partial charge is 0.409 e. The van der Waals surface area contributed by atoms with Crippen LogP contribution in [0.1, 0.15) is 50.7 Å². The molecule has 0 unspecified atom stereocenters. The second kappa shape index (κ2) is 5.35. The fourth-order valence-electron chi connectivity index (χ4n) is 1.86. The van der Waals surface area contributed by atoms with Gasteiger partial charge in [0, 0.05) is 17.2 Å². The van der Waals surface area contributed by atoms with Gasteiger partial charge in [-0.2, -0.15) is 0 Å². The molecule has 0 aliphatic rings. The van der Waals surface area contributed by atoms with Crippen molar-refractivity contribution in [1.29, 1.82) is 0 Å². The normalized spacial score (nSPS) is 10.9. The summed E-state index contributed by atoms with van der Waals surface area (Å²) in [7, 11) is 0. The number of ether oxygens (including phenoxy) is 1. The van der Waals surface area contributed by atoms with Gasteiger partial charge in [-0.3, -0.25) is 0 Å². The molecular weight excluding hydrogens is 224 g/mol. The highest BCUT2D eigenvalue weighted by Crippen LogP contribution is 2.34. The molecule has 0 saturated heterocycles. The monoisotopic (exact) mass is 240 g/mol. The molecule has 0 N–H and O–H groups in total. The van der Waals surface area contributed by atoms with Crippen molar-refractivity contribution in [2.75, 3.05) is 0 Å². The van der Waals surface area contributed by atoms with Crippen LogP contribution in [-0.2, 0) is 0 Å². The maximum Gasteiger partial charge on any atom is 0.409 e. The Morgan fingerprint density at radius 2 is 1.81 bits per heavy atom. The van der Waals surface area contributed by atoms with Gasteiger partial charge in [-0.05, 0) is 23.5 Å². The van der Waals surface area contributed by atoms with E-state index >= 15 is 0 Å². The molecular formula is C13H17ClO2. The second-order valence-electron chi connectivity index (χ2n) is 4.41. The second-order valence-corrected chi connectivity index (χ2v) is 4.72. The van der Waals surface area contributed by atoms with Crippen LogP contribution in [0.5, 0.6) is 5.75 Å². The number of rotatable bonds is 3. The number of carbonyl (C=O) groups excluding carboxylic acids is 1. The van der Waals surface area contributed by atoms with Gasteiger partial charge in [0.25, 0.3) is 0 Å². The van der Waals surface area contributed by atoms with E-state index in [2.05, 4.69) is 33.8 Å². The molecule has 0 aliphatic heterocycles. The lowest BCUT2D eigenvalue weighted by molar-refractivity contribution is 0.225. The van der Waals surface area contributed by atoms with Crippen molar-refractivity contribution in [3.63, 3.8) is 0 Å². The summed E-state index contributed by atoms with van der Waals surface area (Å²) in [5, 5.41) is 0. The lowest BCUT2D eigenvalue weighted by Gasteiger charge is -2.18. The molecule has 3 heteroatoms. The zero-order chi connectivity index (χ0) is 12.3. The molecule has 2 nitrogen and oxygen atoms in total. The van der Waals surface area contributed by atoms with Crippen molar-refractivity contribution >= 4 is 17.0 Å². The lowest BCUT2D eigenvalue weighted by Crippen LogP contribution is -2.05. The first-order valence-corrected chi connectivity index (χ1v) is 5.81. The molecule has 0 aliphatic carbocycles. The molecule has 88 valence electrons. The molecule has 0 spiro atoms. The van der Waals surface area contributed by atoms with E-state index in [-0.39, 0.29) is 0 Å². The average molecular weight is 241 g/mol. The summed E-state index contributed by atoms with van der Waals surface area (Å²) in [4.78, 5) is 10.8. The fourth-order valence-corrected chi connectivity index (χ4v) is 1.94. The van der Waals surface area contributed by atoms with Crippen LogP contribution in [0.2, 0.25) is 0 Å². The van der Waals surface area contributed by atoms with Crippen molar-refractivity contribution in [3.05, 3.63) is 29.3 Å². The predicted octanol–water partition coefficient (Wildman–Crippen LogP) is 4.67. The summed E-state index contributed by atoms with van der Waals surface area (Å²) in [6, 6.07) is 5.73. The van der Waals surface area contributed by atoms with Crippen LogP contribution in [0.15, 0.2) is 18.2 Å². The van der Waals surface area contributed by atoms with E-state index in [0.29, 0.717) is 17.6 Å². The van der Waals surface area contributed by atoms with Gasteiger partial charge in [0.15, 0.2) is 0 Å². The Labute approximate surface area is 102 Å². The van der Waals surface area contributed by atoms with Crippen LogP contribution < -0.4 is 4.74 Å². The molecule has 16 heavy (non-hydrogen) atoms. The highest BCUT2D eigenvalue weighted by Gasteiger charge is 2.16. The molecule has 0 bridgehead atoms. The Hall–Kier alpha value is -1.02. The highest BCUT2D eigenvalue weighted by molar-refractivity contribution is 6.61. The molecule has 0 radical (unpaired) electrons. The third-order valence-corrected chi connectivity index (χ3v) is 2.57. The minimum atomic E-state index is -0.789. The van der Waals surface area contributed by atoms with Gasteiger partial charge in [-0.25, -0.2) is 4.79 Å². The SMILES string of the molecule is CC(C)c1cccc(OC(=O)Cl)c1C(C)C. The molecule has 0 aromatic heterocycles. The van der Waals surface area contributed by atoms with Crippen LogP contribution in [0.25, 0.3) is 0 Å². The minimum absolute atomic E-state index is 0.296. The number of halogens is 1.